The van der Waals surface area contributed by atoms with Gasteiger partial charge in [-0.25, -0.2) is 0 Å². The van der Waals surface area contributed by atoms with E-state index in [0.717, 1.165) is 51.4 Å². The Labute approximate surface area is 127 Å². The number of para-hydroxylation sites is 1. The molecule has 1 fully saturated rings. The predicted molar refractivity (Wildman–Crippen MR) is 86.5 cm³/mol. The van der Waals surface area contributed by atoms with Crippen LogP contribution >= 0.6 is 0 Å². The molecule has 0 bridgehead atoms. The average Bonchev–Trinajstić information content (AvgIpc) is 2.52. The first-order valence-electron chi connectivity index (χ1n) is 7.70. The molecule has 0 radical (unpaired) electrons. The molecule has 0 unspecified atom stereocenters. The number of carbonyl (C=O) groups is 1. The summed E-state index contributed by atoms with van der Waals surface area (Å²) in [6.45, 7) is 6.72. The summed E-state index contributed by atoms with van der Waals surface area (Å²) in [7, 11) is 2.16. The van der Waals surface area contributed by atoms with E-state index in [9.17, 15) is 4.79 Å². The lowest BCUT2D eigenvalue weighted by Crippen LogP contribution is -2.45. The fourth-order valence-corrected chi connectivity index (χ4v) is 2.40. The molecule has 1 aromatic carbocycles. The number of amides is 1. The summed E-state index contributed by atoms with van der Waals surface area (Å²) in [4.78, 5) is 16.5. The van der Waals surface area contributed by atoms with Gasteiger partial charge in [0.25, 0.3) is 0 Å². The highest BCUT2D eigenvalue weighted by Gasteiger charge is 2.12. The van der Waals surface area contributed by atoms with Gasteiger partial charge in [0.2, 0.25) is 5.91 Å². The standard InChI is InChI=1S/C16H26N4O/c1-19-10-12-20(13-11-19)9-5-8-17-16(21)14-18-15-6-3-2-4-7-15/h2-4,6-7,18H,5,8-14H2,1H3,(H,17,21). The summed E-state index contributed by atoms with van der Waals surface area (Å²) in [6, 6.07) is 9.79. The molecule has 0 atom stereocenters. The van der Waals surface area contributed by atoms with Crippen molar-refractivity contribution in [2.75, 3.05) is 58.2 Å². The van der Waals surface area contributed by atoms with Crippen molar-refractivity contribution >= 4 is 11.6 Å². The van der Waals surface area contributed by atoms with Gasteiger partial charge in [-0.2, -0.15) is 0 Å². The van der Waals surface area contributed by atoms with Crippen LogP contribution in [0, 0.1) is 0 Å². The van der Waals surface area contributed by atoms with Gasteiger partial charge < -0.3 is 20.4 Å². The van der Waals surface area contributed by atoms with E-state index in [4.69, 9.17) is 0 Å². The highest BCUT2D eigenvalue weighted by Crippen LogP contribution is 2.03. The van der Waals surface area contributed by atoms with E-state index >= 15 is 0 Å². The summed E-state index contributed by atoms with van der Waals surface area (Å²) < 4.78 is 0. The Hall–Kier alpha value is -1.59. The minimum absolute atomic E-state index is 0.0530. The number of piperazine rings is 1. The molecule has 0 aliphatic carbocycles. The second-order valence-electron chi connectivity index (χ2n) is 5.57. The van der Waals surface area contributed by atoms with Gasteiger partial charge in [-0.15, -0.1) is 0 Å². The van der Waals surface area contributed by atoms with Crippen molar-refractivity contribution in [1.82, 2.24) is 15.1 Å². The zero-order valence-corrected chi connectivity index (χ0v) is 12.8. The van der Waals surface area contributed by atoms with E-state index in [1.54, 1.807) is 0 Å². The largest absolute Gasteiger partial charge is 0.376 e. The third-order valence-corrected chi connectivity index (χ3v) is 3.80. The van der Waals surface area contributed by atoms with E-state index in [-0.39, 0.29) is 5.91 Å². The molecule has 116 valence electrons. The zero-order valence-electron chi connectivity index (χ0n) is 12.8. The third-order valence-electron chi connectivity index (χ3n) is 3.80. The van der Waals surface area contributed by atoms with E-state index in [0.29, 0.717) is 6.54 Å². The van der Waals surface area contributed by atoms with Gasteiger partial charge in [0.15, 0.2) is 0 Å². The maximum absolute atomic E-state index is 11.7. The topological polar surface area (TPSA) is 47.6 Å². The number of likely N-dealkylation sites (N-methyl/N-ethyl adjacent to an activating group) is 1. The zero-order chi connectivity index (χ0) is 14.9. The summed E-state index contributed by atoms with van der Waals surface area (Å²) >= 11 is 0. The molecule has 1 aromatic rings. The van der Waals surface area contributed by atoms with E-state index < -0.39 is 0 Å². The van der Waals surface area contributed by atoms with Crippen LogP contribution in [-0.2, 0) is 4.79 Å². The number of carbonyl (C=O) groups excluding carboxylic acids is 1. The minimum atomic E-state index is 0.0530. The van der Waals surface area contributed by atoms with Crippen LogP contribution in [-0.4, -0.2) is 68.6 Å². The highest BCUT2D eigenvalue weighted by molar-refractivity contribution is 5.80. The molecule has 1 aliphatic rings. The second-order valence-corrected chi connectivity index (χ2v) is 5.57. The number of hydrogen-bond donors (Lipinski definition) is 2. The van der Waals surface area contributed by atoms with Crippen molar-refractivity contribution in [3.05, 3.63) is 30.3 Å². The second kappa shape index (κ2) is 8.64. The van der Waals surface area contributed by atoms with Crippen LogP contribution in [0.25, 0.3) is 0 Å². The predicted octanol–water partition coefficient (Wildman–Crippen LogP) is 0.852. The van der Waals surface area contributed by atoms with Crippen molar-refractivity contribution < 1.29 is 4.79 Å². The molecule has 1 saturated heterocycles. The van der Waals surface area contributed by atoms with Crippen LogP contribution in [0.1, 0.15) is 6.42 Å². The molecule has 1 amide bonds. The summed E-state index contributed by atoms with van der Waals surface area (Å²) in [6.07, 6.45) is 1.01. The van der Waals surface area contributed by atoms with Crippen molar-refractivity contribution in [2.45, 2.75) is 6.42 Å². The normalized spacial score (nSPS) is 16.6. The molecule has 5 nitrogen and oxygen atoms in total. The van der Waals surface area contributed by atoms with Gasteiger partial charge in [0.05, 0.1) is 6.54 Å². The molecular formula is C16H26N4O. The number of rotatable bonds is 7. The highest BCUT2D eigenvalue weighted by atomic mass is 16.1. The van der Waals surface area contributed by atoms with Crippen LogP contribution in [0.4, 0.5) is 5.69 Å². The number of hydrogen-bond acceptors (Lipinski definition) is 4. The Morgan fingerprint density at radius 3 is 2.57 bits per heavy atom. The molecule has 0 spiro atoms. The number of nitrogens with one attached hydrogen (secondary N) is 2. The SMILES string of the molecule is CN1CCN(CCCNC(=O)CNc2ccccc2)CC1. The fraction of sp³-hybridized carbons (Fsp3) is 0.562. The molecule has 5 heteroatoms. The Balaban J connectivity index is 1.51. The Morgan fingerprint density at radius 1 is 1.14 bits per heavy atom. The maximum atomic E-state index is 11.7. The van der Waals surface area contributed by atoms with Crippen LogP contribution < -0.4 is 10.6 Å². The molecule has 21 heavy (non-hydrogen) atoms. The monoisotopic (exact) mass is 290 g/mol. The smallest absolute Gasteiger partial charge is 0.239 e. The van der Waals surface area contributed by atoms with Crippen LogP contribution in [0.2, 0.25) is 0 Å². The minimum Gasteiger partial charge on any atom is -0.376 e. The molecule has 2 N–H and O–H groups in total. The quantitative estimate of drug-likeness (QED) is 0.731. The third kappa shape index (κ3) is 6.14. The van der Waals surface area contributed by atoms with Crippen molar-refractivity contribution in [2.24, 2.45) is 0 Å². The molecule has 2 rings (SSSR count). The lowest BCUT2D eigenvalue weighted by molar-refractivity contribution is -0.119. The first kappa shape index (κ1) is 15.8. The van der Waals surface area contributed by atoms with Gasteiger partial charge >= 0.3 is 0 Å². The Bertz CT molecular complexity index is 416. The van der Waals surface area contributed by atoms with E-state index in [1.165, 1.54) is 0 Å². The van der Waals surface area contributed by atoms with E-state index in [2.05, 4.69) is 27.5 Å². The molecular weight excluding hydrogens is 264 g/mol. The van der Waals surface area contributed by atoms with Gasteiger partial charge in [0.1, 0.15) is 0 Å². The lowest BCUT2D eigenvalue weighted by atomic mass is 10.3. The number of benzene rings is 1. The first-order valence-corrected chi connectivity index (χ1v) is 7.70. The van der Waals surface area contributed by atoms with Crippen LogP contribution in [0.15, 0.2) is 30.3 Å². The van der Waals surface area contributed by atoms with Crippen molar-refractivity contribution in [3.8, 4) is 0 Å². The molecule has 1 heterocycles. The average molecular weight is 290 g/mol. The summed E-state index contributed by atoms with van der Waals surface area (Å²) in [5.41, 5.74) is 0.977. The van der Waals surface area contributed by atoms with Crippen molar-refractivity contribution in [3.63, 3.8) is 0 Å². The first-order chi connectivity index (χ1) is 10.2. The van der Waals surface area contributed by atoms with Crippen LogP contribution in [0.5, 0.6) is 0 Å². The van der Waals surface area contributed by atoms with Crippen molar-refractivity contribution in [1.29, 1.82) is 0 Å². The Morgan fingerprint density at radius 2 is 1.86 bits per heavy atom. The van der Waals surface area contributed by atoms with Gasteiger partial charge in [0, 0.05) is 38.4 Å². The number of nitrogens with zero attached hydrogens (tertiary/aromatic N) is 2. The van der Waals surface area contributed by atoms with Gasteiger partial charge in [-0.1, -0.05) is 18.2 Å². The van der Waals surface area contributed by atoms with Gasteiger partial charge in [-0.3, -0.25) is 4.79 Å². The molecule has 0 saturated carbocycles. The van der Waals surface area contributed by atoms with Gasteiger partial charge in [-0.05, 0) is 32.1 Å². The van der Waals surface area contributed by atoms with E-state index in [1.807, 2.05) is 30.3 Å². The lowest BCUT2D eigenvalue weighted by Gasteiger charge is -2.32. The summed E-state index contributed by atoms with van der Waals surface area (Å²) in [5, 5.41) is 6.07. The number of anilines is 1. The fourth-order valence-electron chi connectivity index (χ4n) is 2.40. The summed E-state index contributed by atoms with van der Waals surface area (Å²) in [5.74, 6) is 0.0530. The van der Waals surface area contributed by atoms with Crippen LogP contribution in [0.3, 0.4) is 0 Å². The maximum Gasteiger partial charge on any atom is 0.239 e. The Kier molecular flexibility index (Phi) is 6.50. The molecule has 0 aromatic heterocycles. The molecule has 1 aliphatic heterocycles.